The van der Waals surface area contributed by atoms with Crippen molar-refractivity contribution < 1.29 is 23.9 Å². The second-order valence-corrected chi connectivity index (χ2v) is 8.41. The third-order valence-corrected chi connectivity index (χ3v) is 5.73. The number of hydrazone groups is 1. The molecule has 3 aromatic carbocycles. The normalized spacial score (nSPS) is 10.6. The topological polar surface area (TPSA) is 118 Å². The van der Waals surface area contributed by atoms with E-state index in [1.807, 2.05) is 64.1 Å². The Morgan fingerprint density at radius 1 is 0.838 bits per heavy atom. The molecule has 0 fully saturated rings. The van der Waals surface area contributed by atoms with Crippen LogP contribution in [0.25, 0.3) is 0 Å². The largest absolute Gasteiger partial charge is 0.493 e. The van der Waals surface area contributed by atoms with E-state index in [4.69, 9.17) is 9.47 Å². The second-order valence-electron chi connectivity index (χ2n) is 8.41. The number of benzene rings is 3. The molecule has 37 heavy (non-hydrogen) atoms. The van der Waals surface area contributed by atoms with Gasteiger partial charge >= 0.3 is 11.8 Å². The number of nitrogens with one attached hydrogen (secondary N) is 3. The molecule has 192 valence electrons. The van der Waals surface area contributed by atoms with Crippen molar-refractivity contribution in [2.45, 2.75) is 27.7 Å². The van der Waals surface area contributed by atoms with Gasteiger partial charge in [0.2, 0.25) is 0 Å². The van der Waals surface area contributed by atoms with E-state index >= 15 is 0 Å². The fourth-order valence-electron chi connectivity index (χ4n) is 3.50. The minimum absolute atomic E-state index is 0.206. The Labute approximate surface area is 215 Å². The molecule has 0 heterocycles. The van der Waals surface area contributed by atoms with Crippen molar-refractivity contribution in [1.82, 2.24) is 5.43 Å². The van der Waals surface area contributed by atoms with Gasteiger partial charge in [-0.1, -0.05) is 30.3 Å². The lowest BCUT2D eigenvalue weighted by molar-refractivity contribution is -0.136. The zero-order chi connectivity index (χ0) is 26.9. The number of hydrogen-bond donors (Lipinski definition) is 3. The number of ether oxygens (including phenoxy) is 2. The van der Waals surface area contributed by atoms with Gasteiger partial charge in [0.15, 0.2) is 18.1 Å². The van der Waals surface area contributed by atoms with E-state index in [9.17, 15) is 14.4 Å². The molecule has 0 radical (unpaired) electrons. The summed E-state index contributed by atoms with van der Waals surface area (Å²) in [4.78, 5) is 36.7. The molecule has 0 aliphatic carbocycles. The highest BCUT2D eigenvalue weighted by molar-refractivity contribution is 6.39. The number of carbonyl (C=O) groups excluding carboxylic acids is 3. The monoisotopic (exact) mass is 502 g/mol. The SMILES string of the molecule is COc1cc(/C=N\NC(=O)C(=O)Nc2c(C)cccc2C)ccc1OCC(=O)Nc1cccc(C)c1C. The standard InChI is InChI=1S/C28H30N4O5/c1-17-8-7-11-22(20(17)4)30-25(33)16-37-23-13-12-21(14-24(23)36-5)15-29-32-28(35)27(34)31-26-18(2)9-6-10-19(26)3/h6-15H,16H2,1-5H3,(H,30,33)(H,31,34)(H,32,35)/b29-15-. The second kappa shape index (κ2) is 12.3. The Morgan fingerprint density at radius 3 is 2.22 bits per heavy atom. The number of aryl methyl sites for hydroxylation is 3. The quantitative estimate of drug-likeness (QED) is 0.244. The third kappa shape index (κ3) is 7.17. The first-order valence-corrected chi connectivity index (χ1v) is 11.6. The Bertz CT molecular complexity index is 1330. The molecule has 0 saturated carbocycles. The van der Waals surface area contributed by atoms with Crippen LogP contribution < -0.4 is 25.5 Å². The van der Waals surface area contributed by atoms with Gasteiger partial charge in [-0.3, -0.25) is 14.4 Å². The number of para-hydroxylation sites is 1. The van der Waals surface area contributed by atoms with Crippen molar-refractivity contribution in [3.05, 3.63) is 82.4 Å². The molecular weight excluding hydrogens is 472 g/mol. The Kier molecular flexibility index (Phi) is 8.99. The average molecular weight is 503 g/mol. The molecule has 0 unspecified atom stereocenters. The number of hydrogen-bond acceptors (Lipinski definition) is 6. The number of anilines is 2. The number of methoxy groups -OCH3 is 1. The summed E-state index contributed by atoms with van der Waals surface area (Å²) >= 11 is 0. The van der Waals surface area contributed by atoms with Gasteiger partial charge in [-0.15, -0.1) is 0 Å². The van der Waals surface area contributed by atoms with Gasteiger partial charge in [-0.2, -0.15) is 5.10 Å². The first-order valence-electron chi connectivity index (χ1n) is 11.6. The van der Waals surface area contributed by atoms with Gasteiger partial charge in [-0.05, 0) is 79.8 Å². The lowest BCUT2D eigenvalue weighted by Gasteiger charge is -2.13. The number of rotatable bonds is 8. The molecule has 0 atom stereocenters. The van der Waals surface area contributed by atoms with Crippen LogP contribution in [0.3, 0.4) is 0 Å². The minimum atomic E-state index is -0.902. The van der Waals surface area contributed by atoms with E-state index in [2.05, 4.69) is 21.2 Å². The van der Waals surface area contributed by atoms with Gasteiger partial charge < -0.3 is 20.1 Å². The highest BCUT2D eigenvalue weighted by atomic mass is 16.5. The van der Waals surface area contributed by atoms with Crippen molar-refractivity contribution in [2.24, 2.45) is 5.10 Å². The van der Waals surface area contributed by atoms with E-state index < -0.39 is 11.8 Å². The predicted octanol–water partition coefficient (Wildman–Crippen LogP) is 4.04. The van der Waals surface area contributed by atoms with E-state index in [0.29, 0.717) is 22.7 Å². The van der Waals surface area contributed by atoms with Gasteiger partial charge in [0.1, 0.15) is 0 Å². The summed E-state index contributed by atoms with van der Waals surface area (Å²) in [5, 5.41) is 9.29. The molecule has 9 nitrogen and oxygen atoms in total. The smallest absolute Gasteiger partial charge is 0.329 e. The molecule has 3 amide bonds. The Morgan fingerprint density at radius 2 is 1.51 bits per heavy atom. The summed E-state index contributed by atoms with van der Waals surface area (Å²) in [6.07, 6.45) is 1.36. The molecule has 0 aliphatic rings. The summed E-state index contributed by atoms with van der Waals surface area (Å²) in [6.45, 7) is 7.40. The van der Waals surface area contributed by atoms with Crippen LogP contribution in [0.5, 0.6) is 11.5 Å². The van der Waals surface area contributed by atoms with E-state index in [0.717, 1.165) is 27.9 Å². The van der Waals surface area contributed by atoms with Crippen molar-refractivity contribution in [2.75, 3.05) is 24.4 Å². The summed E-state index contributed by atoms with van der Waals surface area (Å²) < 4.78 is 11.0. The molecular formula is C28H30N4O5. The van der Waals surface area contributed by atoms with Crippen molar-refractivity contribution >= 4 is 35.3 Å². The lowest BCUT2D eigenvalue weighted by Crippen LogP contribution is -2.32. The van der Waals surface area contributed by atoms with Crippen LogP contribution >= 0.6 is 0 Å². The maximum absolute atomic E-state index is 12.4. The van der Waals surface area contributed by atoms with E-state index in [1.54, 1.807) is 18.2 Å². The number of amides is 3. The highest BCUT2D eigenvalue weighted by Crippen LogP contribution is 2.27. The molecule has 3 aromatic rings. The predicted molar refractivity (Wildman–Crippen MR) is 143 cm³/mol. The maximum atomic E-state index is 12.4. The first-order chi connectivity index (χ1) is 17.7. The van der Waals surface area contributed by atoms with Crippen LogP contribution in [0.15, 0.2) is 59.7 Å². The molecule has 0 aliphatic heterocycles. The molecule has 3 rings (SSSR count). The molecule has 0 aromatic heterocycles. The zero-order valence-corrected chi connectivity index (χ0v) is 21.5. The van der Waals surface area contributed by atoms with Gasteiger partial charge in [0.25, 0.3) is 5.91 Å². The average Bonchev–Trinajstić information content (AvgIpc) is 2.87. The van der Waals surface area contributed by atoms with Crippen molar-refractivity contribution in [3.8, 4) is 11.5 Å². The fourth-order valence-corrected chi connectivity index (χ4v) is 3.50. The van der Waals surface area contributed by atoms with Crippen LogP contribution in [0.1, 0.15) is 27.8 Å². The van der Waals surface area contributed by atoms with Crippen LogP contribution in [0, 0.1) is 27.7 Å². The third-order valence-electron chi connectivity index (χ3n) is 5.73. The van der Waals surface area contributed by atoms with Gasteiger partial charge in [0.05, 0.1) is 13.3 Å². The van der Waals surface area contributed by atoms with Crippen LogP contribution in [-0.2, 0) is 14.4 Å². The lowest BCUT2D eigenvalue weighted by atomic mass is 10.1. The van der Waals surface area contributed by atoms with Gasteiger partial charge in [-0.25, -0.2) is 5.43 Å². The van der Waals surface area contributed by atoms with Crippen molar-refractivity contribution in [1.29, 1.82) is 0 Å². The highest BCUT2D eigenvalue weighted by Gasteiger charge is 2.15. The van der Waals surface area contributed by atoms with Gasteiger partial charge in [0, 0.05) is 11.4 Å². The summed E-state index contributed by atoms with van der Waals surface area (Å²) in [5.41, 5.74) is 7.89. The van der Waals surface area contributed by atoms with E-state index in [1.165, 1.54) is 13.3 Å². The van der Waals surface area contributed by atoms with E-state index in [-0.39, 0.29) is 12.5 Å². The summed E-state index contributed by atoms with van der Waals surface area (Å²) in [6, 6.07) is 16.2. The van der Waals surface area contributed by atoms with Crippen LogP contribution in [0.2, 0.25) is 0 Å². The summed E-state index contributed by atoms with van der Waals surface area (Å²) in [7, 11) is 1.47. The van der Waals surface area contributed by atoms with Crippen molar-refractivity contribution in [3.63, 3.8) is 0 Å². The van der Waals surface area contributed by atoms with Crippen LogP contribution in [0.4, 0.5) is 11.4 Å². The molecule has 3 N–H and O–H groups in total. The Hall–Kier alpha value is -4.66. The number of nitrogens with zero attached hydrogens (tertiary/aromatic N) is 1. The first kappa shape index (κ1) is 26.9. The summed E-state index contributed by atoms with van der Waals surface area (Å²) in [5.74, 6) is -1.28. The zero-order valence-electron chi connectivity index (χ0n) is 21.5. The number of carbonyl (C=O) groups is 3. The molecule has 9 heteroatoms. The molecule has 0 bridgehead atoms. The minimum Gasteiger partial charge on any atom is -0.493 e. The van der Waals surface area contributed by atoms with Crippen LogP contribution in [-0.4, -0.2) is 37.7 Å². The Balaban J connectivity index is 1.56. The maximum Gasteiger partial charge on any atom is 0.329 e. The fraction of sp³-hybridized carbons (Fsp3) is 0.214. The molecule has 0 saturated heterocycles. The molecule has 0 spiro atoms.